The molecule has 8 nitrogen and oxygen atoms in total. The lowest BCUT2D eigenvalue weighted by Crippen LogP contribution is -2.13. The average Bonchev–Trinajstić information content (AvgIpc) is 2.83. The predicted octanol–water partition coefficient (Wildman–Crippen LogP) is 5.43. The molecular weight excluding hydrogens is 434 g/mol. The van der Waals surface area contributed by atoms with Crippen LogP contribution in [-0.2, 0) is 11.4 Å². The second-order valence-electron chi connectivity index (χ2n) is 7.34. The Bertz CT molecular complexity index is 1260. The van der Waals surface area contributed by atoms with Gasteiger partial charge in [-0.05, 0) is 55.3 Å². The summed E-state index contributed by atoms with van der Waals surface area (Å²) in [6.45, 7) is 4.25. The van der Waals surface area contributed by atoms with E-state index in [1.807, 2.05) is 32.0 Å². The largest absolute Gasteiger partial charge is 0.490 e. The summed E-state index contributed by atoms with van der Waals surface area (Å²) in [5.41, 5.74) is 2.80. The summed E-state index contributed by atoms with van der Waals surface area (Å²) < 4.78 is 11.5. The minimum Gasteiger partial charge on any atom is -0.490 e. The fourth-order valence-electron chi connectivity index (χ4n) is 3.07. The van der Waals surface area contributed by atoms with Crippen LogP contribution in [0.5, 0.6) is 11.5 Å². The summed E-state index contributed by atoms with van der Waals surface area (Å²) in [5.74, 6) is 0.348. The number of nitrogens with one attached hydrogen (secondary N) is 1. The van der Waals surface area contributed by atoms with Gasteiger partial charge >= 0.3 is 0 Å². The van der Waals surface area contributed by atoms with Gasteiger partial charge in [-0.1, -0.05) is 35.9 Å². The van der Waals surface area contributed by atoms with Crippen molar-refractivity contribution in [3.05, 3.63) is 99.1 Å². The number of nitro benzene ring substituents is 1. The molecule has 0 unspecified atom stereocenters. The lowest BCUT2D eigenvalue weighted by atomic mass is 10.1. The summed E-state index contributed by atoms with van der Waals surface area (Å²) in [6.07, 6.45) is 1.47. The first-order valence-electron chi connectivity index (χ1n) is 10.5. The van der Waals surface area contributed by atoms with Crippen LogP contribution in [0.25, 0.3) is 6.08 Å². The lowest BCUT2D eigenvalue weighted by Gasteiger charge is -2.13. The molecule has 0 spiro atoms. The number of carbonyl (C=O) groups excluding carboxylic acids is 1. The number of nitriles is 1. The first-order chi connectivity index (χ1) is 16.4. The van der Waals surface area contributed by atoms with Gasteiger partial charge in [0.1, 0.15) is 18.2 Å². The number of benzene rings is 3. The summed E-state index contributed by atoms with van der Waals surface area (Å²) in [7, 11) is 0. The van der Waals surface area contributed by atoms with Gasteiger partial charge in [-0.25, -0.2) is 0 Å². The highest BCUT2D eigenvalue weighted by Crippen LogP contribution is 2.30. The summed E-state index contributed by atoms with van der Waals surface area (Å²) >= 11 is 0. The van der Waals surface area contributed by atoms with E-state index in [4.69, 9.17) is 9.47 Å². The number of hydrogen-bond donors (Lipinski definition) is 1. The Labute approximate surface area is 197 Å². The molecule has 0 aliphatic rings. The number of carbonyl (C=O) groups is 1. The Morgan fingerprint density at radius 3 is 2.53 bits per heavy atom. The van der Waals surface area contributed by atoms with Gasteiger partial charge in [-0.2, -0.15) is 5.26 Å². The van der Waals surface area contributed by atoms with Crippen molar-refractivity contribution in [2.45, 2.75) is 20.5 Å². The Kier molecular flexibility index (Phi) is 7.97. The number of nitro groups is 1. The zero-order valence-corrected chi connectivity index (χ0v) is 18.8. The Balaban J connectivity index is 1.77. The number of nitrogens with zero attached hydrogens (tertiary/aromatic N) is 2. The van der Waals surface area contributed by atoms with Crippen LogP contribution in [0.1, 0.15) is 23.6 Å². The van der Waals surface area contributed by atoms with Gasteiger partial charge in [-0.3, -0.25) is 14.9 Å². The highest BCUT2D eigenvalue weighted by atomic mass is 16.6. The molecule has 34 heavy (non-hydrogen) atoms. The van der Waals surface area contributed by atoms with Crippen molar-refractivity contribution in [3.8, 4) is 17.6 Å². The molecule has 3 aromatic rings. The molecule has 1 amide bonds. The molecule has 0 saturated heterocycles. The molecule has 0 bridgehead atoms. The number of aryl methyl sites for hydroxylation is 1. The lowest BCUT2D eigenvalue weighted by molar-refractivity contribution is -0.384. The molecule has 0 aliphatic carbocycles. The van der Waals surface area contributed by atoms with Crippen LogP contribution in [0.3, 0.4) is 0 Å². The monoisotopic (exact) mass is 457 g/mol. The van der Waals surface area contributed by atoms with Gasteiger partial charge < -0.3 is 14.8 Å². The van der Waals surface area contributed by atoms with Crippen LogP contribution >= 0.6 is 0 Å². The van der Waals surface area contributed by atoms with Gasteiger partial charge in [0.25, 0.3) is 11.6 Å². The van der Waals surface area contributed by atoms with E-state index in [1.165, 1.54) is 18.2 Å². The highest BCUT2D eigenvalue weighted by molar-refractivity contribution is 6.09. The number of non-ortho nitro benzene ring substituents is 1. The average molecular weight is 457 g/mol. The molecule has 0 atom stereocenters. The van der Waals surface area contributed by atoms with Crippen LogP contribution in [0.2, 0.25) is 0 Å². The minimum atomic E-state index is -0.518. The molecule has 1 N–H and O–H groups in total. The van der Waals surface area contributed by atoms with E-state index in [0.29, 0.717) is 34.9 Å². The summed E-state index contributed by atoms with van der Waals surface area (Å²) in [6, 6.07) is 20.4. The normalized spacial score (nSPS) is 10.8. The van der Waals surface area contributed by atoms with Gasteiger partial charge in [0.2, 0.25) is 0 Å². The third kappa shape index (κ3) is 6.43. The number of amides is 1. The first kappa shape index (κ1) is 24.0. The van der Waals surface area contributed by atoms with Crippen molar-refractivity contribution in [3.63, 3.8) is 0 Å². The van der Waals surface area contributed by atoms with Crippen LogP contribution in [0.4, 0.5) is 11.4 Å². The molecule has 3 aromatic carbocycles. The molecule has 0 saturated carbocycles. The zero-order chi connectivity index (χ0) is 24.5. The molecule has 8 heteroatoms. The Morgan fingerprint density at radius 1 is 1.09 bits per heavy atom. The quantitative estimate of drug-likeness (QED) is 0.198. The molecule has 0 aliphatic heterocycles. The second kappa shape index (κ2) is 11.3. The van der Waals surface area contributed by atoms with E-state index in [2.05, 4.69) is 5.32 Å². The van der Waals surface area contributed by atoms with Gasteiger partial charge in [-0.15, -0.1) is 0 Å². The zero-order valence-electron chi connectivity index (χ0n) is 18.8. The van der Waals surface area contributed by atoms with Gasteiger partial charge in [0, 0.05) is 17.8 Å². The van der Waals surface area contributed by atoms with Crippen LogP contribution in [-0.4, -0.2) is 17.4 Å². The van der Waals surface area contributed by atoms with E-state index in [9.17, 15) is 20.2 Å². The number of rotatable bonds is 9. The van der Waals surface area contributed by atoms with E-state index >= 15 is 0 Å². The van der Waals surface area contributed by atoms with Crippen molar-refractivity contribution >= 4 is 23.4 Å². The van der Waals surface area contributed by atoms with Crippen molar-refractivity contribution < 1.29 is 19.2 Å². The fraction of sp³-hybridized carbons (Fsp3) is 0.154. The second-order valence-corrected chi connectivity index (χ2v) is 7.34. The standard InChI is InChI=1S/C26H23N3O5/c1-3-33-25-15-19(13-21(16-27)26(30)28-22-10-7-18(2)8-11-22)9-12-24(25)34-17-20-5-4-6-23(14-20)29(31)32/h4-15H,3,17H2,1-2H3,(H,28,30)/b21-13+. The Hall–Kier alpha value is -4.64. The predicted molar refractivity (Wildman–Crippen MR) is 128 cm³/mol. The van der Waals surface area contributed by atoms with Crippen molar-refractivity contribution in [2.75, 3.05) is 11.9 Å². The maximum Gasteiger partial charge on any atom is 0.269 e. The van der Waals surface area contributed by atoms with Crippen molar-refractivity contribution in [2.24, 2.45) is 0 Å². The molecule has 3 rings (SSSR count). The van der Waals surface area contributed by atoms with Crippen molar-refractivity contribution in [1.82, 2.24) is 0 Å². The number of hydrogen-bond acceptors (Lipinski definition) is 6. The molecule has 0 heterocycles. The molecule has 0 radical (unpaired) electrons. The fourth-order valence-corrected chi connectivity index (χ4v) is 3.07. The molecule has 172 valence electrons. The topological polar surface area (TPSA) is 114 Å². The Morgan fingerprint density at radius 2 is 1.85 bits per heavy atom. The van der Waals surface area contributed by atoms with E-state index < -0.39 is 10.8 Å². The smallest absolute Gasteiger partial charge is 0.269 e. The SMILES string of the molecule is CCOc1cc(/C=C(\C#N)C(=O)Nc2ccc(C)cc2)ccc1OCc1cccc([N+](=O)[O-])c1. The first-order valence-corrected chi connectivity index (χ1v) is 10.5. The van der Waals surface area contributed by atoms with Gasteiger partial charge in [0.05, 0.1) is 11.5 Å². The van der Waals surface area contributed by atoms with E-state index in [-0.39, 0.29) is 17.9 Å². The summed E-state index contributed by atoms with van der Waals surface area (Å²) in [4.78, 5) is 23.0. The van der Waals surface area contributed by atoms with Crippen LogP contribution < -0.4 is 14.8 Å². The maximum absolute atomic E-state index is 12.5. The van der Waals surface area contributed by atoms with Crippen LogP contribution in [0.15, 0.2) is 72.3 Å². The number of anilines is 1. The molecule has 0 aromatic heterocycles. The minimum absolute atomic E-state index is 0.0143. The highest BCUT2D eigenvalue weighted by Gasteiger charge is 2.12. The molecule has 0 fully saturated rings. The third-order valence-corrected chi connectivity index (χ3v) is 4.77. The third-order valence-electron chi connectivity index (χ3n) is 4.77. The molecular formula is C26H23N3O5. The maximum atomic E-state index is 12.5. The van der Waals surface area contributed by atoms with E-state index in [0.717, 1.165) is 5.56 Å². The van der Waals surface area contributed by atoms with Crippen molar-refractivity contribution in [1.29, 1.82) is 5.26 Å². The van der Waals surface area contributed by atoms with E-state index in [1.54, 1.807) is 42.5 Å². The van der Waals surface area contributed by atoms with Crippen LogP contribution in [0, 0.1) is 28.4 Å². The summed E-state index contributed by atoms with van der Waals surface area (Å²) in [5, 5.41) is 23.2. The van der Waals surface area contributed by atoms with Gasteiger partial charge in [0.15, 0.2) is 11.5 Å². The number of ether oxygens (including phenoxy) is 2.